The van der Waals surface area contributed by atoms with Gasteiger partial charge in [-0.3, -0.25) is 9.69 Å². The van der Waals surface area contributed by atoms with Crippen LogP contribution in [0, 0.1) is 0 Å². The highest BCUT2D eigenvalue weighted by molar-refractivity contribution is 5.86. The number of carboxylic acid groups (broad SMARTS) is 1. The first kappa shape index (κ1) is 27.0. The molecule has 4 aromatic rings. The summed E-state index contributed by atoms with van der Waals surface area (Å²) in [7, 11) is 0. The Morgan fingerprint density at radius 3 is 2.17 bits per heavy atom. The minimum absolute atomic E-state index is 0.125. The standard InChI is InChI=1S/C32H26F3NO4/c1-20-30(23-10-6-3-7-11-23)40-31(39)36(20)19-24-18-25(32(33,34)35)13-15-27(24)28-16-21(17-29(37)38)12-14-26(28)22-8-4-2-5-9-22/h2-16,18,20,30H,17,19H2,1H3,(H,37,38)/t20-,30-/m0/s1. The molecule has 0 bridgehead atoms. The third-order valence-electron chi connectivity index (χ3n) is 7.11. The highest BCUT2D eigenvalue weighted by Gasteiger charge is 2.40. The maximum atomic E-state index is 13.8. The molecule has 0 unspecified atom stereocenters. The molecule has 8 heteroatoms. The molecule has 1 saturated heterocycles. The Morgan fingerprint density at radius 1 is 0.875 bits per heavy atom. The topological polar surface area (TPSA) is 66.8 Å². The fourth-order valence-corrected chi connectivity index (χ4v) is 5.12. The Hall–Kier alpha value is -4.59. The molecule has 0 spiro atoms. The molecule has 5 nitrogen and oxygen atoms in total. The van der Waals surface area contributed by atoms with Crippen molar-refractivity contribution in [1.82, 2.24) is 4.90 Å². The van der Waals surface area contributed by atoms with Crippen LogP contribution < -0.4 is 0 Å². The monoisotopic (exact) mass is 545 g/mol. The number of alkyl halides is 3. The van der Waals surface area contributed by atoms with Gasteiger partial charge >= 0.3 is 18.2 Å². The van der Waals surface area contributed by atoms with Gasteiger partial charge in [0.2, 0.25) is 0 Å². The Morgan fingerprint density at radius 2 is 1.52 bits per heavy atom. The lowest BCUT2D eigenvalue weighted by Crippen LogP contribution is -2.31. The van der Waals surface area contributed by atoms with Crippen LogP contribution in [-0.4, -0.2) is 28.1 Å². The summed E-state index contributed by atoms with van der Waals surface area (Å²) >= 11 is 0. The minimum atomic E-state index is -4.59. The molecule has 0 radical (unpaired) electrons. The number of aliphatic carboxylic acids is 1. The van der Waals surface area contributed by atoms with Crippen LogP contribution in [0.2, 0.25) is 0 Å². The van der Waals surface area contributed by atoms with Gasteiger partial charge in [-0.05, 0) is 64.1 Å². The number of amides is 1. The zero-order valence-corrected chi connectivity index (χ0v) is 21.6. The van der Waals surface area contributed by atoms with E-state index in [1.807, 2.05) is 60.7 Å². The molecule has 204 valence electrons. The fourth-order valence-electron chi connectivity index (χ4n) is 5.12. The van der Waals surface area contributed by atoms with Crippen LogP contribution in [0.5, 0.6) is 0 Å². The quantitative estimate of drug-likeness (QED) is 0.258. The molecular weight excluding hydrogens is 519 g/mol. The Kier molecular flexibility index (Phi) is 7.34. The molecule has 0 aliphatic carbocycles. The summed E-state index contributed by atoms with van der Waals surface area (Å²) in [4.78, 5) is 25.9. The number of hydrogen-bond donors (Lipinski definition) is 1. The van der Waals surface area contributed by atoms with Crippen LogP contribution in [0.15, 0.2) is 97.1 Å². The first-order valence-electron chi connectivity index (χ1n) is 12.7. The zero-order valence-electron chi connectivity index (χ0n) is 21.6. The summed E-state index contributed by atoms with van der Waals surface area (Å²) in [6.07, 6.45) is -6.02. The average molecular weight is 546 g/mol. The number of cyclic esters (lactones) is 1. The number of carbonyl (C=O) groups excluding carboxylic acids is 1. The van der Waals surface area contributed by atoms with E-state index >= 15 is 0 Å². The van der Waals surface area contributed by atoms with Crippen LogP contribution in [0.1, 0.15) is 35.3 Å². The van der Waals surface area contributed by atoms with Gasteiger partial charge in [-0.25, -0.2) is 4.79 Å². The van der Waals surface area contributed by atoms with Gasteiger partial charge in [-0.1, -0.05) is 78.9 Å². The molecule has 1 amide bonds. The number of ether oxygens (including phenoxy) is 1. The lowest BCUT2D eigenvalue weighted by atomic mass is 9.88. The van der Waals surface area contributed by atoms with E-state index in [0.717, 1.165) is 28.8 Å². The minimum Gasteiger partial charge on any atom is -0.481 e. The van der Waals surface area contributed by atoms with Gasteiger partial charge in [0.1, 0.15) is 6.10 Å². The predicted octanol–water partition coefficient (Wildman–Crippen LogP) is 7.75. The van der Waals surface area contributed by atoms with Gasteiger partial charge < -0.3 is 9.84 Å². The van der Waals surface area contributed by atoms with Gasteiger partial charge in [-0.2, -0.15) is 13.2 Å². The van der Waals surface area contributed by atoms with E-state index < -0.39 is 35.9 Å². The number of carboxylic acids is 1. The van der Waals surface area contributed by atoms with E-state index in [2.05, 4.69) is 0 Å². The molecule has 40 heavy (non-hydrogen) atoms. The van der Waals surface area contributed by atoms with Crippen LogP contribution in [0.3, 0.4) is 0 Å². The summed E-state index contributed by atoms with van der Waals surface area (Å²) in [6.45, 7) is 1.68. The summed E-state index contributed by atoms with van der Waals surface area (Å²) in [6, 6.07) is 26.7. The van der Waals surface area contributed by atoms with E-state index in [1.54, 1.807) is 25.1 Å². The molecule has 1 fully saturated rings. The third kappa shape index (κ3) is 5.57. The van der Waals surface area contributed by atoms with Crippen molar-refractivity contribution in [3.05, 3.63) is 119 Å². The summed E-state index contributed by atoms with van der Waals surface area (Å²) in [5.41, 5.74) is 3.34. The SMILES string of the molecule is C[C@H]1[C@@H](c2ccccc2)OC(=O)N1Cc1cc(C(F)(F)F)ccc1-c1cc(CC(=O)O)ccc1-c1ccccc1. The zero-order chi connectivity index (χ0) is 28.4. The summed E-state index contributed by atoms with van der Waals surface area (Å²) < 4.78 is 47.1. The first-order chi connectivity index (χ1) is 19.1. The molecule has 1 N–H and O–H groups in total. The smallest absolute Gasteiger partial charge is 0.416 e. The number of hydrogen-bond acceptors (Lipinski definition) is 3. The van der Waals surface area contributed by atoms with Crippen LogP contribution in [-0.2, 0) is 28.7 Å². The van der Waals surface area contributed by atoms with E-state index in [-0.39, 0.29) is 18.5 Å². The fraction of sp³-hybridized carbons (Fsp3) is 0.188. The summed E-state index contributed by atoms with van der Waals surface area (Å²) in [5.74, 6) is -1.02. The second kappa shape index (κ2) is 10.9. The Labute approximate surface area is 229 Å². The van der Waals surface area contributed by atoms with Gasteiger partial charge in [-0.15, -0.1) is 0 Å². The second-order valence-electron chi connectivity index (χ2n) is 9.77. The van der Waals surface area contributed by atoms with Gasteiger partial charge in [0.25, 0.3) is 0 Å². The van der Waals surface area contributed by atoms with Crippen molar-refractivity contribution in [2.75, 3.05) is 0 Å². The lowest BCUT2D eigenvalue weighted by Gasteiger charge is -2.24. The highest BCUT2D eigenvalue weighted by atomic mass is 19.4. The Bertz CT molecular complexity index is 1540. The molecule has 2 atom stereocenters. The first-order valence-corrected chi connectivity index (χ1v) is 12.7. The van der Waals surface area contributed by atoms with Crippen molar-refractivity contribution < 1.29 is 32.6 Å². The number of halogens is 3. The molecule has 1 aliphatic rings. The third-order valence-corrected chi connectivity index (χ3v) is 7.11. The van der Waals surface area contributed by atoms with Gasteiger partial charge in [0, 0.05) is 0 Å². The van der Waals surface area contributed by atoms with Crippen molar-refractivity contribution in [2.45, 2.75) is 38.2 Å². The average Bonchev–Trinajstić information content (AvgIpc) is 3.21. The maximum absolute atomic E-state index is 13.8. The molecule has 0 saturated carbocycles. The molecule has 4 aromatic carbocycles. The van der Waals surface area contributed by atoms with E-state index in [9.17, 15) is 27.9 Å². The lowest BCUT2D eigenvalue weighted by molar-refractivity contribution is -0.138. The second-order valence-corrected chi connectivity index (χ2v) is 9.77. The molecular formula is C32H26F3NO4. The largest absolute Gasteiger partial charge is 0.481 e. The van der Waals surface area contributed by atoms with Crippen molar-refractivity contribution >= 4 is 12.1 Å². The van der Waals surface area contributed by atoms with Crippen molar-refractivity contribution in [2.24, 2.45) is 0 Å². The predicted molar refractivity (Wildman–Crippen MR) is 144 cm³/mol. The van der Waals surface area contributed by atoms with E-state index in [1.165, 1.54) is 11.0 Å². The van der Waals surface area contributed by atoms with Gasteiger partial charge in [0.05, 0.1) is 24.6 Å². The van der Waals surface area contributed by atoms with E-state index in [0.29, 0.717) is 16.7 Å². The van der Waals surface area contributed by atoms with Gasteiger partial charge in [0.15, 0.2) is 0 Å². The number of benzene rings is 4. The van der Waals surface area contributed by atoms with E-state index in [4.69, 9.17) is 4.74 Å². The summed E-state index contributed by atoms with van der Waals surface area (Å²) in [5, 5.41) is 9.38. The molecule has 5 rings (SSSR count). The number of carbonyl (C=O) groups is 2. The van der Waals surface area contributed by atoms with Crippen LogP contribution >= 0.6 is 0 Å². The van der Waals surface area contributed by atoms with Crippen molar-refractivity contribution in [1.29, 1.82) is 0 Å². The highest BCUT2D eigenvalue weighted by Crippen LogP contribution is 2.40. The number of nitrogens with zero attached hydrogens (tertiary/aromatic N) is 1. The molecule has 0 aromatic heterocycles. The maximum Gasteiger partial charge on any atom is 0.416 e. The Balaban J connectivity index is 1.63. The normalized spacial score (nSPS) is 17.1. The molecule has 1 heterocycles. The van der Waals surface area contributed by atoms with Crippen LogP contribution in [0.4, 0.5) is 18.0 Å². The van der Waals surface area contributed by atoms with Crippen molar-refractivity contribution in [3.63, 3.8) is 0 Å². The van der Waals surface area contributed by atoms with Crippen molar-refractivity contribution in [3.8, 4) is 22.3 Å². The molecule has 1 aliphatic heterocycles. The number of rotatable bonds is 7. The van der Waals surface area contributed by atoms with Crippen LogP contribution in [0.25, 0.3) is 22.3 Å².